The summed E-state index contributed by atoms with van der Waals surface area (Å²) in [4.78, 5) is 10.9. The molecule has 4 nitrogen and oxygen atoms in total. The molecule has 0 spiro atoms. The van der Waals surface area contributed by atoms with Gasteiger partial charge in [-0.2, -0.15) is 0 Å². The average Bonchev–Trinajstić information content (AvgIpc) is 2.18. The van der Waals surface area contributed by atoms with E-state index in [1.54, 1.807) is 13.0 Å². The monoisotopic (exact) mass is 207 g/mol. The van der Waals surface area contributed by atoms with Gasteiger partial charge in [0.05, 0.1) is 11.6 Å². The second kappa shape index (κ2) is 3.46. The lowest BCUT2D eigenvalue weighted by molar-refractivity contribution is -0.145. The minimum Gasteiger partial charge on any atom is -0.487 e. The molecular weight excluding hydrogens is 194 g/mol. The summed E-state index contributed by atoms with van der Waals surface area (Å²) in [5, 5.41) is 8.99. The number of nitrogens with two attached hydrogens (primary N) is 1. The topological polar surface area (TPSA) is 72.5 Å². The van der Waals surface area contributed by atoms with Crippen molar-refractivity contribution in [3.05, 3.63) is 23.8 Å². The first-order chi connectivity index (χ1) is 7.09. The van der Waals surface area contributed by atoms with E-state index in [4.69, 9.17) is 15.6 Å². The standard InChI is InChI=1S/C11H13NO3/c1-6-8(11(13)14)5-7-3-2-4-9(12)10(7)15-6/h2-4,6,8H,5,12H2,1H3,(H,13,14). The predicted octanol–water partition coefficient (Wildman–Crippen LogP) is 1.29. The van der Waals surface area contributed by atoms with Gasteiger partial charge in [-0.3, -0.25) is 4.79 Å². The van der Waals surface area contributed by atoms with E-state index in [9.17, 15) is 4.79 Å². The van der Waals surface area contributed by atoms with Gasteiger partial charge >= 0.3 is 5.97 Å². The minimum atomic E-state index is -0.824. The van der Waals surface area contributed by atoms with Crippen LogP contribution in [0.2, 0.25) is 0 Å². The number of fused-ring (bicyclic) bond motifs is 1. The van der Waals surface area contributed by atoms with Crippen molar-refractivity contribution in [2.24, 2.45) is 5.92 Å². The van der Waals surface area contributed by atoms with Crippen molar-refractivity contribution >= 4 is 11.7 Å². The van der Waals surface area contributed by atoms with Crippen LogP contribution in [0.5, 0.6) is 5.75 Å². The third-order valence-corrected chi connectivity index (χ3v) is 2.75. The van der Waals surface area contributed by atoms with Crippen LogP contribution in [-0.2, 0) is 11.2 Å². The van der Waals surface area contributed by atoms with E-state index >= 15 is 0 Å². The number of nitrogen functional groups attached to an aromatic ring is 1. The second-order valence-corrected chi connectivity index (χ2v) is 3.81. The van der Waals surface area contributed by atoms with Crippen LogP contribution < -0.4 is 10.5 Å². The molecule has 80 valence electrons. The number of para-hydroxylation sites is 1. The fraction of sp³-hybridized carbons (Fsp3) is 0.364. The van der Waals surface area contributed by atoms with Crippen molar-refractivity contribution in [1.82, 2.24) is 0 Å². The number of carboxylic acids is 1. The SMILES string of the molecule is CC1Oc2c(N)cccc2CC1C(=O)O. The van der Waals surface area contributed by atoms with Crippen LogP contribution >= 0.6 is 0 Å². The Balaban J connectivity index is 2.38. The number of rotatable bonds is 1. The normalized spacial score (nSPS) is 24.1. The molecule has 1 aliphatic heterocycles. The van der Waals surface area contributed by atoms with Crippen molar-refractivity contribution in [2.75, 3.05) is 5.73 Å². The Morgan fingerprint density at radius 3 is 3.00 bits per heavy atom. The molecule has 1 aromatic rings. The molecule has 1 aromatic carbocycles. The zero-order valence-corrected chi connectivity index (χ0v) is 8.43. The van der Waals surface area contributed by atoms with Gasteiger partial charge in [-0.15, -0.1) is 0 Å². The Bertz CT molecular complexity index is 403. The summed E-state index contributed by atoms with van der Waals surface area (Å²) in [5.74, 6) is -0.669. The number of aliphatic carboxylic acids is 1. The number of benzene rings is 1. The van der Waals surface area contributed by atoms with Crippen molar-refractivity contribution in [3.63, 3.8) is 0 Å². The van der Waals surface area contributed by atoms with E-state index < -0.39 is 11.9 Å². The van der Waals surface area contributed by atoms with Gasteiger partial charge in [-0.05, 0) is 25.0 Å². The zero-order valence-electron chi connectivity index (χ0n) is 8.43. The van der Waals surface area contributed by atoms with E-state index in [1.165, 1.54) is 0 Å². The van der Waals surface area contributed by atoms with Gasteiger partial charge in [0.2, 0.25) is 0 Å². The Morgan fingerprint density at radius 2 is 2.33 bits per heavy atom. The molecule has 0 radical (unpaired) electrons. The van der Waals surface area contributed by atoms with Crippen LogP contribution in [0.4, 0.5) is 5.69 Å². The molecule has 15 heavy (non-hydrogen) atoms. The Hall–Kier alpha value is -1.71. The molecule has 0 bridgehead atoms. The number of carboxylic acid groups (broad SMARTS) is 1. The summed E-state index contributed by atoms with van der Waals surface area (Å²) in [6.07, 6.45) is 0.149. The Morgan fingerprint density at radius 1 is 1.60 bits per heavy atom. The van der Waals surface area contributed by atoms with E-state index in [0.717, 1.165) is 5.56 Å². The van der Waals surface area contributed by atoms with Gasteiger partial charge in [-0.1, -0.05) is 12.1 Å². The maximum atomic E-state index is 10.9. The summed E-state index contributed by atoms with van der Waals surface area (Å²) in [6, 6.07) is 5.42. The molecule has 0 fully saturated rings. The number of hydrogen-bond acceptors (Lipinski definition) is 3. The van der Waals surface area contributed by atoms with Crippen LogP contribution in [0.25, 0.3) is 0 Å². The van der Waals surface area contributed by atoms with Crippen LogP contribution in [-0.4, -0.2) is 17.2 Å². The molecule has 0 amide bonds. The van der Waals surface area contributed by atoms with Crippen LogP contribution in [0.1, 0.15) is 12.5 Å². The molecule has 0 saturated heterocycles. The molecule has 4 heteroatoms. The summed E-state index contributed by atoms with van der Waals surface area (Å²) in [6.45, 7) is 1.76. The van der Waals surface area contributed by atoms with E-state index in [-0.39, 0.29) is 6.10 Å². The number of anilines is 1. The predicted molar refractivity (Wildman–Crippen MR) is 55.8 cm³/mol. The van der Waals surface area contributed by atoms with Gasteiger partial charge in [0.1, 0.15) is 11.9 Å². The molecule has 1 heterocycles. The molecule has 0 aromatic heterocycles. The van der Waals surface area contributed by atoms with E-state index in [0.29, 0.717) is 17.9 Å². The minimum absolute atomic E-state index is 0.334. The quantitative estimate of drug-likeness (QED) is 0.681. The van der Waals surface area contributed by atoms with Gasteiger partial charge in [0, 0.05) is 0 Å². The summed E-state index contributed by atoms with van der Waals surface area (Å²) in [7, 11) is 0. The van der Waals surface area contributed by atoms with Gasteiger partial charge in [0.15, 0.2) is 0 Å². The van der Waals surface area contributed by atoms with Gasteiger partial charge in [-0.25, -0.2) is 0 Å². The van der Waals surface area contributed by atoms with Crippen molar-refractivity contribution in [2.45, 2.75) is 19.4 Å². The zero-order chi connectivity index (χ0) is 11.0. The maximum absolute atomic E-state index is 10.9. The lowest BCUT2D eigenvalue weighted by Crippen LogP contribution is -2.36. The third kappa shape index (κ3) is 1.63. The largest absolute Gasteiger partial charge is 0.487 e. The van der Waals surface area contributed by atoms with E-state index in [2.05, 4.69) is 0 Å². The molecule has 2 unspecified atom stereocenters. The van der Waals surface area contributed by atoms with Crippen LogP contribution in [0.15, 0.2) is 18.2 Å². The first-order valence-electron chi connectivity index (χ1n) is 4.86. The van der Waals surface area contributed by atoms with Gasteiger partial charge in [0.25, 0.3) is 0 Å². The number of carbonyl (C=O) groups is 1. The van der Waals surface area contributed by atoms with Crippen LogP contribution in [0, 0.1) is 5.92 Å². The molecule has 0 aliphatic carbocycles. The first kappa shape index (κ1) is 9.83. The summed E-state index contributed by atoms with van der Waals surface area (Å²) >= 11 is 0. The van der Waals surface area contributed by atoms with Gasteiger partial charge < -0.3 is 15.6 Å². The lowest BCUT2D eigenvalue weighted by atomic mass is 9.91. The molecule has 2 rings (SSSR count). The highest BCUT2D eigenvalue weighted by atomic mass is 16.5. The van der Waals surface area contributed by atoms with Crippen molar-refractivity contribution in [3.8, 4) is 5.75 Å². The Labute approximate surface area is 87.7 Å². The fourth-order valence-corrected chi connectivity index (χ4v) is 1.87. The highest BCUT2D eigenvalue weighted by Crippen LogP contribution is 2.35. The first-order valence-corrected chi connectivity index (χ1v) is 4.86. The second-order valence-electron chi connectivity index (χ2n) is 3.81. The number of hydrogen-bond donors (Lipinski definition) is 2. The van der Waals surface area contributed by atoms with Crippen molar-refractivity contribution < 1.29 is 14.6 Å². The Kier molecular flexibility index (Phi) is 2.26. The molecule has 0 saturated carbocycles. The van der Waals surface area contributed by atoms with Crippen molar-refractivity contribution in [1.29, 1.82) is 0 Å². The average molecular weight is 207 g/mol. The summed E-state index contributed by atoms with van der Waals surface area (Å²) in [5.41, 5.74) is 7.20. The number of ether oxygens (including phenoxy) is 1. The molecule has 3 N–H and O–H groups in total. The summed E-state index contributed by atoms with van der Waals surface area (Å²) < 4.78 is 5.53. The fourth-order valence-electron chi connectivity index (χ4n) is 1.87. The highest BCUT2D eigenvalue weighted by Gasteiger charge is 2.32. The highest BCUT2D eigenvalue weighted by molar-refractivity contribution is 5.72. The van der Waals surface area contributed by atoms with Crippen LogP contribution in [0.3, 0.4) is 0 Å². The van der Waals surface area contributed by atoms with E-state index in [1.807, 2.05) is 12.1 Å². The lowest BCUT2D eigenvalue weighted by Gasteiger charge is -2.29. The molecule has 1 aliphatic rings. The molecular formula is C11H13NO3. The smallest absolute Gasteiger partial charge is 0.310 e. The third-order valence-electron chi connectivity index (χ3n) is 2.75. The maximum Gasteiger partial charge on any atom is 0.310 e. The molecule has 2 atom stereocenters.